The number of nitrogens with one attached hydrogen (secondary N) is 1. The van der Waals surface area contributed by atoms with Crippen LogP contribution in [0.1, 0.15) is 48.6 Å². The quantitative estimate of drug-likeness (QED) is 0.856. The van der Waals surface area contributed by atoms with E-state index < -0.39 is 0 Å². The lowest BCUT2D eigenvalue weighted by molar-refractivity contribution is 0.566. The van der Waals surface area contributed by atoms with Gasteiger partial charge < -0.3 is 5.32 Å². The van der Waals surface area contributed by atoms with Crippen molar-refractivity contribution in [2.45, 2.75) is 39.2 Å². The highest BCUT2D eigenvalue weighted by molar-refractivity contribution is 9.10. The Bertz CT molecular complexity index is 599. The minimum absolute atomic E-state index is 0.0948. The summed E-state index contributed by atoms with van der Waals surface area (Å²) < 4.78 is 1.13. The average molecular weight is 353 g/mol. The molecule has 1 aromatic heterocycles. The summed E-state index contributed by atoms with van der Waals surface area (Å²) in [5.41, 5.74) is 3.73. The van der Waals surface area contributed by atoms with E-state index in [1.165, 1.54) is 11.1 Å². The minimum atomic E-state index is 0.0948. The van der Waals surface area contributed by atoms with Gasteiger partial charge in [-0.05, 0) is 31.2 Å². The number of rotatable bonds is 3. The molecule has 0 bridgehead atoms. The summed E-state index contributed by atoms with van der Waals surface area (Å²) >= 11 is 5.39. The molecule has 1 N–H and O–H groups in total. The smallest absolute Gasteiger partial charge is 0.114 e. The van der Waals surface area contributed by atoms with E-state index in [2.05, 4.69) is 72.5 Å². The summed E-state index contributed by atoms with van der Waals surface area (Å²) in [5, 5.41) is 6.66. The zero-order valence-corrected chi connectivity index (χ0v) is 15.0. The molecule has 2 rings (SSSR count). The van der Waals surface area contributed by atoms with E-state index in [0.717, 1.165) is 15.2 Å². The van der Waals surface area contributed by atoms with E-state index >= 15 is 0 Å². The lowest BCUT2D eigenvalue weighted by atomic mass is 9.93. The standard InChI is InChI=1S/C16H21BrN2S/c1-10-6-7-11(12(17)8-10)14(18-5)15-19-13(9-20-15)16(2,3)4/h6-9,14,18H,1-5H3. The number of halogens is 1. The van der Waals surface area contributed by atoms with Gasteiger partial charge in [-0.1, -0.05) is 48.8 Å². The topological polar surface area (TPSA) is 24.9 Å². The van der Waals surface area contributed by atoms with Crippen LogP contribution < -0.4 is 5.32 Å². The first kappa shape index (κ1) is 15.7. The molecule has 0 radical (unpaired) electrons. The molecule has 0 fully saturated rings. The summed E-state index contributed by atoms with van der Waals surface area (Å²) in [5.74, 6) is 0. The second-order valence-corrected chi connectivity index (χ2v) is 7.81. The summed E-state index contributed by atoms with van der Waals surface area (Å²) in [4.78, 5) is 4.83. The average Bonchev–Trinajstić information content (AvgIpc) is 2.82. The normalized spacial score (nSPS) is 13.5. The zero-order chi connectivity index (χ0) is 14.9. The number of thiazole rings is 1. The van der Waals surface area contributed by atoms with Crippen molar-refractivity contribution in [1.29, 1.82) is 0 Å². The first-order chi connectivity index (χ1) is 9.32. The monoisotopic (exact) mass is 352 g/mol. The van der Waals surface area contributed by atoms with Crippen molar-refractivity contribution >= 4 is 27.3 Å². The SMILES string of the molecule is CNC(c1nc(C(C)(C)C)cs1)c1ccc(C)cc1Br. The van der Waals surface area contributed by atoms with Crippen LogP contribution in [0.2, 0.25) is 0 Å². The second kappa shape index (κ2) is 5.96. The molecule has 2 aromatic rings. The molecule has 1 atom stereocenters. The number of benzene rings is 1. The maximum Gasteiger partial charge on any atom is 0.114 e. The van der Waals surface area contributed by atoms with E-state index in [-0.39, 0.29) is 11.5 Å². The number of nitrogens with zero attached hydrogens (tertiary/aromatic N) is 1. The summed E-state index contributed by atoms with van der Waals surface area (Å²) in [7, 11) is 1.98. The Balaban J connectivity index is 2.40. The molecule has 0 aliphatic rings. The van der Waals surface area contributed by atoms with E-state index in [0.29, 0.717) is 0 Å². The van der Waals surface area contributed by atoms with Gasteiger partial charge in [-0.2, -0.15) is 0 Å². The van der Waals surface area contributed by atoms with Crippen LogP contribution in [-0.2, 0) is 5.41 Å². The Labute approximate surface area is 133 Å². The molecular weight excluding hydrogens is 332 g/mol. The predicted molar refractivity (Wildman–Crippen MR) is 90.6 cm³/mol. The van der Waals surface area contributed by atoms with Crippen molar-refractivity contribution in [3.63, 3.8) is 0 Å². The van der Waals surface area contributed by atoms with Crippen LogP contribution in [0.15, 0.2) is 28.1 Å². The van der Waals surface area contributed by atoms with E-state index in [1.54, 1.807) is 11.3 Å². The molecule has 108 valence electrons. The van der Waals surface area contributed by atoms with Gasteiger partial charge in [0.2, 0.25) is 0 Å². The Kier molecular flexibility index (Phi) is 4.67. The van der Waals surface area contributed by atoms with Gasteiger partial charge >= 0.3 is 0 Å². The molecule has 1 aromatic carbocycles. The third-order valence-electron chi connectivity index (χ3n) is 3.29. The molecule has 0 spiro atoms. The van der Waals surface area contributed by atoms with Gasteiger partial charge in [0.05, 0.1) is 11.7 Å². The number of aryl methyl sites for hydroxylation is 1. The molecule has 0 aliphatic heterocycles. The van der Waals surface area contributed by atoms with Gasteiger partial charge in [-0.15, -0.1) is 11.3 Å². The van der Waals surface area contributed by atoms with Crippen LogP contribution in [0, 0.1) is 6.92 Å². The van der Waals surface area contributed by atoms with Gasteiger partial charge in [0.25, 0.3) is 0 Å². The Morgan fingerprint density at radius 2 is 2.00 bits per heavy atom. The minimum Gasteiger partial charge on any atom is -0.307 e. The van der Waals surface area contributed by atoms with Crippen molar-refractivity contribution in [3.05, 3.63) is 49.9 Å². The van der Waals surface area contributed by atoms with E-state index in [1.807, 2.05) is 7.05 Å². The maximum atomic E-state index is 4.83. The molecule has 20 heavy (non-hydrogen) atoms. The summed E-state index contributed by atoms with van der Waals surface area (Å²) in [6.45, 7) is 8.69. The van der Waals surface area contributed by atoms with Crippen molar-refractivity contribution < 1.29 is 0 Å². The summed E-state index contributed by atoms with van der Waals surface area (Å²) in [6, 6.07) is 6.59. The molecule has 4 heteroatoms. The van der Waals surface area contributed by atoms with Crippen LogP contribution >= 0.6 is 27.3 Å². The van der Waals surface area contributed by atoms with Gasteiger partial charge in [0.1, 0.15) is 5.01 Å². The van der Waals surface area contributed by atoms with Crippen molar-refractivity contribution in [2.24, 2.45) is 0 Å². The van der Waals surface area contributed by atoms with E-state index in [4.69, 9.17) is 4.98 Å². The molecule has 0 saturated carbocycles. The van der Waals surface area contributed by atoms with Crippen LogP contribution in [0.3, 0.4) is 0 Å². The van der Waals surface area contributed by atoms with Gasteiger partial charge in [0.15, 0.2) is 0 Å². The Hall–Kier alpha value is -0.710. The number of hydrogen-bond acceptors (Lipinski definition) is 3. The predicted octanol–water partition coefficient (Wildman–Crippen LogP) is 4.82. The fourth-order valence-corrected chi connectivity index (χ4v) is 3.94. The lowest BCUT2D eigenvalue weighted by Gasteiger charge is -2.17. The highest BCUT2D eigenvalue weighted by atomic mass is 79.9. The van der Waals surface area contributed by atoms with E-state index in [9.17, 15) is 0 Å². The largest absolute Gasteiger partial charge is 0.307 e. The maximum absolute atomic E-state index is 4.83. The van der Waals surface area contributed by atoms with Crippen LogP contribution in [0.5, 0.6) is 0 Å². The molecule has 2 nitrogen and oxygen atoms in total. The Morgan fingerprint density at radius 3 is 2.50 bits per heavy atom. The molecule has 1 unspecified atom stereocenters. The van der Waals surface area contributed by atoms with Crippen molar-refractivity contribution in [2.75, 3.05) is 7.05 Å². The van der Waals surface area contributed by atoms with Crippen LogP contribution in [0.4, 0.5) is 0 Å². The zero-order valence-electron chi connectivity index (χ0n) is 12.6. The number of aromatic nitrogens is 1. The lowest BCUT2D eigenvalue weighted by Crippen LogP contribution is -2.19. The number of hydrogen-bond donors (Lipinski definition) is 1. The third kappa shape index (κ3) is 3.30. The molecule has 0 amide bonds. The van der Waals surface area contributed by atoms with Crippen LogP contribution in [-0.4, -0.2) is 12.0 Å². The van der Waals surface area contributed by atoms with Gasteiger partial charge in [-0.3, -0.25) is 0 Å². The van der Waals surface area contributed by atoms with Crippen LogP contribution in [0.25, 0.3) is 0 Å². The third-order valence-corrected chi connectivity index (χ3v) is 4.89. The second-order valence-electron chi connectivity index (χ2n) is 6.07. The Morgan fingerprint density at radius 1 is 1.30 bits per heavy atom. The fourth-order valence-electron chi connectivity index (χ4n) is 2.04. The molecule has 0 aliphatic carbocycles. The molecule has 1 heterocycles. The first-order valence-electron chi connectivity index (χ1n) is 6.72. The highest BCUT2D eigenvalue weighted by Gasteiger charge is 2.22. The molecular formula is C16H21BrN2S. The highest BCUT2D eigenvalue weighted by Crippen LogP contribution is 2.33. The van der Waals surface area contributed by atoms with Gasteiger partial charge in [-0.25, -0.2) is 4.98 Å². The van der Waals surface area contributed by atoms with Crippen molar-refractivity contribution in [1.82, 2.24) is 10.3 Å². The summed E-state index contributed by atoms with van der Waals surface area (Å²) in [6.07, 6.45) is 0. The first-order valence-corrected chi connectivity index (χ1v) is 8.39. The molecule has 0 saturated heterocycles. The van der Waals surface area contributed by atoms with Gasteiger partial charge in [0, 0.05) is 15.3 Å². The van der Waals surface area contributed by atoms with Crippen molar-refractivity contribution in [3.8, 4) is 0 Å². The fraction of sp³-hybridized carbons (Fsp3) is 0.438.